The molecule has 0 spiro atoms. The van der Waals surface area contributed by atoms with Crippen molar-refractivity contribution in [1.29, 1.82) is 0 Å². The molecule has 2 nitrogen and oxygen atoms in total. The topological polar surface area (TPSA) is 37.3 Å². The molecule has 0 amide bonds. The molecule has 0 heterocycles. The van der Waals surface area contributed by atoms with Crippen LogP contribution in [0.3, 0.4) is 0 Å². The molecule has 1 N–H and O–H groups in total. The fraction of sp³-hybridized carbons (Fsp3) is 0.571. The van der Waals surface area contributed by atoms with Gasteiger partial charge in [-0.25, -0.2) is 9.18 Å². The maximum atomic E-state index is 12.5. The summed E-state index contributed by atoms with van der Waals surface area (Å²) in [7, 11) is 0. The lowest BCUT2D eigenvalue weighted by molar-refractivity contribution is -0.132. The average molecular weight is 146 g/mol. The molecule has 0 rings (SSSR count). The first-order valence-electron chi connectivity index (χ1n) is 3.18. The number of carboxylic acids is 1. The van der Waals surface area contributed by atoms with Gasteiger partial charge in [0.1, 0.15) is 5.83 Å². The predicted molar refractivity (Wildman–Crippen MR) is 36.4 cm³/mol. The minimum atomic E-state index is -1.18. The van der Waals surface area contributed by atoms with Crippen molar-refractivity contribution in [3.05, 3.63) is 11.4 Å². The Balaban J connectivity index is 4.19. The number of carbonyl (C=O) groups is 1. The molecule has 10 heavy (non-hydrogen) atoms. The van der Waals surface area contributed by atoms with Crippen molar-refractivity contribution >= 4 is 5.97 Å². The molecule has 0 radical (unpaired) electrons. The summed E-state index contributed by atoms with van der Waals surface area (Å²) in [6.07, 6.45) is 0.856. The fourth-order valence-electron chi connectivity index (χ4n) is 0.523. The summed E-state index contributed by atoms with van der Waals surface area (Å²) in [4.78, 5) is 10.1. The van der Waals surface area contributed by atoms with Crippen LogP contribution < -0.4 is 0 Å². The van der Waals surface area contributed by atoms with E-state index in [0.717, 1.165) is 0 Å². The Bertz CT molecular complexity index is 161. The second-order valence-electron chi connectivity index (χ2n) is 2.09. The summed E-state index contributed by atoms with van der Waals surface area (Å²) in [5, 5.41) is 8.28. The molecular formula is C7H11FO2. The van der Waals surface area contributed by atoms with E-state index in [-0.39, 0.29) is 12.0 Å². The molecule has 0 aromatic heterocycles. The Morgan fingerprint density at radius 3 is 2.40 bits per heavy atom. The van der Waals surface area contributed by atoms with E-state index in [4.69, 9.17) is 5.11 Å². The standard InChI is InChI=1S/C7H11FO2/c1-3-4-6(8)5(2)7(9)10/h3-4H2,1-2H3,(H,9,10)/b6-5-. The van der Waals surface area contributed by atoms with Crippen molar-refractivity contribution in [3.63, 3.8) is 0 Å². The summed E-state index contributed by atoms with van der Waals surface area (Å²) in [6.45, 7) is 3.07. The van der Waals surface area contributed by atoms with Gasteiger partial charge in [0, 0.05) is 0 Å². The summed E-state index contributed by atoms with van der Waals surface area (Å²) in [5.74, 6) is -1.69. The van der Waals surface area contributed by atoms with Crippen LogP contribution in [0.4, 0.5) is 4.39 Å². The van der Waals surface area contributed by atoms with Gasteiger partial charge in [-0.15, -0.1) is 0 Å². The van der Waals surface area contributed by atoms with E-state index >= 15 is 0 Å². The van der Waals surface area contributed by atoms with Crippen molar-refractivity contribution in [2.24, 2.45) is 0 Å². The van der Waals surface area contributed by atoms with Gasteiger partial charge in [-0.3, -0.25) is 0 Å². The highest BCUT2D eigenvalue weighted by Crippen LogP contribution is 2.11. The highest BCUT2D eigenvalue weighted by Gasteiger charge is 2.06. The van der Waals surface area contributed by atoms with Crippen LogP contribution in [0.2, 0.25) is 0 Å². The van der Waals surface area contributed by atoms with Crippen LogP contribution in [0.25, 0.3) is 0 Å². The average Bonchev–Trinajstić information content (AvgIpc) is 1.87. The van der Waals surface area contributed by atoms with Gasteiger partial charge in [0.2, 0.25) is 0 Å². The monoisotopic (exact) mass is 146 g/mol. The maximum absolute atomic E-state index is 12.5. The first-order chi connectivity index (χ1) is 4.59. The third-order valence-electron chi connectivity index (χ3n) is 1.20. The molecule has 0 saturated carbocycles. The minimum absolute atomic E-state index is 0.179. The number of carboxylic acid groups (broad SMARTS) is 1. The maximum Gasteiger partial charge on any atom is 0.333 e. The number of hydrogen-bond acceptors (Lipinski definition) is 1. The van der Waals surface area contributed by atoms with E-state index in [2.05, 4.69) is 0 Å². The predicted octanol–water partition coefficient (Wildman–Crippen LogP) is 2.11. The quantitative estimate of drug-likeness (QED) is 0.619. The second-order valence-corrected chi connectivity index (χ2v) is 2.09. The number of allylic oxidation sites excluding steroid dienone is 1. The van der Waals surface area contributed by atoms with E-state index in [0.29, 0.717) is 6.42 Å². The van der Waals surface area contributed by atoms with E-state index in [1.165, 1.54) is 6.92 Å². The van der Waals surface area contributed by atoms with Crippen molar-refractivity contribution in [1.82, 2.24) is 0 Å². The molecule has 0 aliphatic carbocycles. The van der Waals surface area contributed by atoms with Gasteiger partial charge in [0.15, 0.2) is 0 Å². The summed E-state index contributed by atoms with van der Waals surface area (Å²) in [5.41, 5.74) is -0.179. The highest BCUT2D eigenvalue weighted by molar-refractivity contribution is 5.86. The molecule has 0 aliphatic rings. The van der Waals surface area contributed by atoms with Gasteiger partial charge in [-0.2, -0.15) is 0 Å². The molecule has 0 fully saturated rings. The lowest BCUT2D eigenvalue weighted by atomic mass is 10.2. The zero-order valence-electron chi connectivity index (χ0n) is 6.15. The molecule has 0 aromatic carbocycles. The van der Waals surface area contributed by atoms with Gasteiger partial charge < -0.3 is 5.11 Å². The Morgan fingerprint density at radius 2 is 2.10 bits per heavy atom. The molecule has 3 heteroatoms. The van der Waals surface area contributed by atoms with Gasteiger partial charge >= 0.3 is 5.97 Å². The summed E-state index contributed by atoms with van der Waals surface area (Å²) < 4.78 is 12.5. The first kappa shape index (κ1) is 9.14. The second kappa shape index (κ2) is 4.04. The molecule has 0 saturated heterocycles. The van der Waals surface area contributed by atoms with Crippen molar-refractivity contribution in [3.8, 4) is 0 Å². The normalized spacial score (nSPS) is 12.7. The number of hydrogen-bond donors (Lipinski definition) is 1. The first-order valence-corrected chi connectivity index (χ1v) is 3.18. The van der Waals surface area contributed by atoms with Crippen LogP contribution >= 0.6 is 0 Å². The third kappa shape index (κ3) is 2.62. The number of aliphatic carboxylic acids is 1. The van der Waals surface area contributed by atoms with Gasteiger partial charge in [-0.05, 0) is 19.8 Å². The summed E-state index contributed by atoms with van der Waals surface area (Å²) in [6, 6.07) is 0. The summed E-state index contributed by atoms with van der Waals surface area (Å²) >= 11 is 0. The van der Waals surface area contributed by atoms with Gasteiger partial charge in [0.25, 0.3) is 0 Å². The van der Waals surface area contributed by atoms with Crippen molar-refractivity contribution in [2.75, 3.05) is 0 Å². The van der Waals surface area contributed by atoms with E-state index < -0.39 is 11.8 Å². The molecule has 0 unspecified atom stereocenters. The Morgan fingerprint density at radius 1 is 1.60 bits per heavy atom. The zero-order valence-corrected chi connectivity index (χ0v) is 6.15. The molecule has 58 valence electrons. The van der Waals surface area contributed by atoms with Crippen molar-refractivity contribution < 1.29 is 14.3 Å². The lowest BCUT2D eigenvalue weighted by Gasteiger charge is -1.95. The Hall–Kier alpha value is -0.860. The molecule has 0 bridgehead atoms. The van der Waals surface area contributed by atoms with E-state index in [1.54, 1.807) is 6.92 Å². The number of rotatable bonds is 3. The lowest BCUT2D eigenvalue weighted by Crippen LogP contribution is -1.98. The minimum Gasteiger partial charge on any atom is -0.478 e. The van der Waals surface area contributed by atoms with Crippen LogP contribution in [-0.4, -0.2) is 11.1 Å². The van der Waals surface area contributed by atoms with Crippen LogP contribution in [0, 0.1) is 0 Å². The van der Waals surface area contributed by atoms with Crippen LogP contribution in [0.1, 0.15) is 26.7 Å². The molecule has 0 aromatic rings. The zero-order chi connectivity index (χ0) is 8.15. The number of halogens is 1. The van der Waals surface area contributed by atoms with Crippen LogP contribution in [0.15, 0.2) is 11.4 Å². The molecular weight excluding hydrogens is 135 g/mol. The highest BCUT2D eigenvalue weighted by atomic mass is 19.1. The van der Waals surface area contributed by atoms with Gasteiger partial charge in [-0.1, -0.05) is 6.92 Å². The molecule has 0 aliphatic heterocycles. The van der Waals surface area contributed by atoms with Crippen LogP contribution in [0.5, 0.6) is 0 Å². The Labute approximate surface area is 59.4 Å². The van der Waals surface area contributed by atoms with Gasteiger partial charge in [0.05, 0.1) is 5.57 Å². The van der Waals surface area contributed by atoms with E-state index in [9.17, 15) is 9.18 Å². The molecule has 0 atom stereocenters. The Kier molecular flexibility index (Phi) is 3.69. The third-order valence-corrected chi connectivity index (χ3v) is 1.20. The fourth-order valence-corrected chi connectivity index (χ4v) is 0.523. The SMILES string of the molecule is CCC/C(F)=C(\C)C(=O)O. The largest absolute Gasteiger partial charge is 0.478 e. The van der Waals surface area contributed by atoms with E-state index in [1.807, 2.05) is 0 Å². The smallest absolute Gasteiger partial charge is 0.333 e. The van der Waals surface area contributed by atoms with Crippen LogP contribution in [-0.2, 0) is 4.79 Å². The van der Waals surface area contributed by atoms with Crippen molar-refractivity contribution in [2.45, 2.75) is 26.7 Å².